The average Bonchev–Trinajstić information content (AvgIpc) is 4.17. The lowest BCUT2D eigenvalue weighted by Gasteiger charge is -2.32. The van der Waals surface area contributed by atoms with Crippen molar-refractivity contribution in [3.05, 3.63) is 271 Å². The van der Waals surface area contributed by atoms with Gasteiger partial charge in [-0.1, -0.05) is 170 Å². The van der Waals surface area contributed by atoms with Gasteiger partial charge in [0.15, 0.2) is 0 Å². The summed E-state index contributed by atoms with van der Waals surface area (Å²) in [6, 6.07) is 91.8. The van der Waals surface area contributed by atoms with E-state index in [-0.39, 0.29) is 0 Å². The largest absolute Gasteiger partial charge is 0.456 e. The van der Waals surface area contributed by atoms with Crippen LogP contribution in [0.15, 0.2) is 253 Å². The van der Waals surface area contributed by atoms with Gasteiger partial charge in [-0.3, -0.25) is 0 Å². The van der Waals surface area contributed by atoms with Crippen molar-refractivity contribution in [3.63, 3.8) is 0 Å². The van der Waals surface area contributed by atoms with Crippen LogP contribution in [-0.4, -0.2) is 0 Å². The molecule has 2 nitrogen and oxygen atoms in total. The van der Waals surface area contributed by atoms with Crippen molar-refractivity contribution in [1.82, 2.24) is 0 Å². The number of rotatable bonds is 6. The first-order chi connectivity index (χ1) is 34.7. The first-order valence-corrected chi connectivity index (χ1v) is 24.9. The molecule has 0 unspecified atom stereocenters. The van der Waals surface area contributed by atoms with Gasteiger partial charge >= 0.3 is 0 Å². The molecule has 15 rings (SSSR count). The Bertz CT molecular complexity index is 4060. The molecule has 0 saturated heterocycles. The van der Waals surface area contributed by atoms with Gasteiger partial charge in [0.25, 0.3) is 0 Å². The molecule has 2 aliphatic carbocycles. The van der Waals surface area contributed by atoms with Gasteiger partial charge in [0.1, 0.15) is 11.2 Å². The standard InChI is InChI=1S/C67H41NOS/c1-2-16-46(17-3-1)68(48-36-37-54-53-20-6-11-27-59(53)67(60(54)41-48)57-25-9-4-18-51(57)52-19-5-10-26-58(52)67)47-34-32-42(33-35-47)43-38-44(49-23-14-29-62-65(49)55-21-7-12-28-61(55)69-62)40-45(39-43)50-24-15-31-64-66(50)56-22-8-13-30-63(56)70-64/h1-41H. The third-order valence-corrected chi connectivity index (χ3v) is 16.2. The van der Waals surface area contributed by atoms with Gasteiger partial charge in [0.05, 0.1) is 5.41 Å². The van der Waals surface area contributed by atoms with E-state index in [1.807, 2.05) is 17.4 Å². The fraction of sp³-hybridized carbons (Fsp3) is 0.0149. The fourth-order valence-corrected chi connectivity index (χ4v) is 13.3. The quantitative estimate of drug-likeness (QED) is 0.165. The normalized spacial score (nSPS) is 13.0. The summed E-state index contributed by atoms with van der Waals surface area (Å²) in [4.78, 5) is 2.42. The number of thiophene rings is 1. The van der Waals surface area contributed by atoms with E-state index in [1.165, 1.54) is 75.8 Å². The van der Waals surface area contributed by atoms with Crippen molar-refractivity contribution < 1.29 is 4.42 Å². The van der Waals surface area contributed by atoms with Crippen LogP contribution < -0.4 is 4.90 Å². The molecule has 0 bridgehead atoms. The summed E-state index contributed by atoms with van der Waals surface area (Å²) in [5, 5.41) is 4.86. The number of anilines is 3. The highest BCUT2D eigenvalue weighted by Gasteiger charge is 2.51. The molecule has 1 spiro atoms. The summed E-state index contributed by atoms with van der Waals surface area (Å²) in [5.41, 5.74) is 22.3. The van der Waals surface area contributed by atoms with Crippen LogP contribution in [0.25, 0.3) is 97.7 Å². The molecule has 0 N–H and O–H groups in total. The molecule has 326 valence electrons. The molecular formula is C67H41NOS. The second kappa shape index (κ2) is 15.1. The average molecular weight is 908 g/mol. The van der Waals surface area contributed by atoms with Crippen molar-refractivity contribution in [2.45, 2.75) is 5.41 Å². The van der Waals surface area contributed by atoms with Crippen molar-refractivity contribution >= 4 is 70.5 Å². The van der Waals surface area contributed by atoms with Crippen LogP contribution in [0.3, 0.4) is 0 Å². The fourth-order valence-electron chi connectivity index (χ4n) is 12.2. The highest BCUT2D eigenvalue weighted by Crippen LogP contribution is 2.63. The van der Waals surface area contributed by atoms with E-state index in [0.717, 1.165) is 61.3 Å². The zero-order chi connectivity index (χ0) is 45.9. The number of benzene rings is 11. The monoisotopic (exact) mass is 907 g/mol. The number of furan rings is 1. The van der Waals surface area contributed by atoms with Crippen LogP contribution in [0.2, 0.25) is 0 Å². The van der Waals surface area contributed by atoms with E-state index < -0.39 is 5.41 Å². The smallest absolute Gasteiger partial charge is 0.136 e. The van der Waals surface area contributed by atoms with Gasteiger partial charge in [-0.15, -0.1) is 11.3 Å². The van der Waals surface area contributed by atoms with E-state index >= 15 is 0 Å². The molecule has 0 fully saturated rings. The van der Waals surface area contributed by atoms with Crippen molar-refractivity contribution in [3.8, 4) is 55.6 Å². The summed E-state index contributed by atoms with van der Waals surface area (Å²) < 4.78 is 9.04. The van der Waals surface area contributed by atoms with E-state index in [4.69, 9.17) is 4.42 Å². The SMILES string of the molecule is c1ccc(N(c2ccc(-c3cc(-c4cccc5oc6ccccc6c45)cc(-c4cccc5sc6ccccc6c45)c3)cc2)c2ccc3c(c2)C2(c4ccccc4-c4ccccc42)c2ccccc2-3)cc1. The van der Waals surface area contributed by atoms with Gasteiger partial charge in [-0.05, 0) is 157 Å². The second-order valence-corrected chi connectivity index (χ2v) is 19.8. The van der Waals surface area contributed by atoms with Crippen molar-refractivity contribution in [1.29, 1.82) is 0 Å². The van der Waals surface area contributed by atoms with Gasteiger partial charge in [-0.25, -0.2) is 0 Å². The highest BCUT2D eigenvalue weighted by molar-refractivity contribution is 7.25. The van der Waals surface area contributed by atoms with Gasteiger partial charge < -0.3 is 9.32 Å². The summed E-state index contributed by atoms with van der Waals surface area (Å²) in [6.07, 6.45) is 0. The molecule has 70 heavy (non-hydrogen) atoms. The van der Waals surface area contributed by atoms with Crippen LogP contribution in [0.4, 0.5) is 17.1 Å². The lowest BCUT2D eigenvalue weighted by molar-refractivity contribution is 0.669. The molecule has 11 aromatic carbocycles. The summed E-state index contributed by atoms with van der Waals surface area (Å²) in [7, 11) is 0. The molecule has 0 atom stereocenters. The van der Waals surface area contributed by atoms with Gasteiger partial charge in [0.2, 0.25) is 0 Å². The van der Waals surface area contributed by atoms with E-state index in [2.05, 4.69) is 248 Å². The Hall–Kier alpha value is -8.76. The van der Waals surface area contributed by atoms with Gasteiger partial charge in [0, 0.05) is 48.0 Å². The Morgan fingerprint density at radius 2 is 0.800 bits per heavy atom. The van der Waals surface area contributed by atoms with E-state index in [9.17, 15) is 0 Å². The predicted molar refractivity (Wildman–Crippen MR) is 294 cm³/mol. The van der Waals surface area contributed by atoms with Gasteiger partial charge in [-0.2, -0.15) is 0 Å². The number of hydrogen-bond acceptors (Lipinski definition) is 3. The number of hydrogen-bond donors (Lipinski definition) is 0. The molecule has 3 heteroatoms. The number of para-hydroxylation sites is 2. The zero-order valence-corrected chi connectivity index (χ0v) is 38.8. The minimum absolute atomic E-state index is 0.434. The molecule has 0 radical (unpaired) electrons. The van der Waals surface area contributed by atoms with Crippen LogP contribution in [0.5, 0.6) is 0 Å². The van der Waals surface area contributed by atoms with Crippen molar-refractivity contribution in [2.75, 3.05) is 4.90 Å². The molecule has 0 amide bonds. The summed E-state index contributed by atoms with van der Waals surface area (Å²) in [6.45, 7) is 0. The Labute approximate surface area is 409 Å². The lowest BCUT2D eigenvalue weighted by atomic mass is 9.70. The Morgan fingerprint density at radius 1 is 0.300 bits per heavy atom. The molecule has 0 aliphatic heterocycles. The number of nitrogens with zero attached hydrogens (tertiary/aromatic N) is 1. The zero-order valence-electron chi connectivity index (χ0n) is 37.9. The highest BCUT2D eigenvalue weighted by atomic mass is 32.1. The summed E-state index contributed by atoms with van der Waals surface area (Å²) >= 11 is 1.86. The van der Waals surface area contributed by atoms with E-state index in [0.29, 0.717) is 0 Å². The first kappa shape index (κ1) is 39.3. The van der Waals surface area contributed by atoms with Crippen LogP contribution in [0, 0.1) is 0 Å². The van der Waals surface area contributed by atoms with Crippen LogP contribution >= 0.6 is 11.3 Å². The maximum absolute atomic E-state index is 6.44. The Kier molecular flexibility index (Phi) is 8.48. The topological polar surface area (TPSA) is 16.4 Å². The third kappa shape index (κ3) is 5.61. The summed E-state index contributed by atoms with van der Waals surface area (Å²) in [5.74, 6) is 0. The molecule has 2 aromatic heterocycles. The lowest BCUT2D eigenvalue weighted by Crippen LogP contribution is -2.26. The molecular weight excluding hydrogens is 867 g/mol. The Morgan fingerprint density at radius 3 is 1.51 bits per heavy atom. The van der Waals surface area contributed by atoms with Crippen molar-refractivity contribution in [2.24, 2.45) is 0 Å². The van der Waals surface area contributed by atoms with Crippen LogP contribution in [0.1, 0.15) is 22.3 Å². The predicted octanol–water partition coefficient (Wildman–Crippen LogP) is 18.8. The maximum atomic E-state index is 6.44. The molecule has 13 aromatic rings. The number of fused-ring (bicyclic) bond motifs is 16. The molecule has 2 aliphatic rings. The Balaban J connectivity index is 0.908. The molecule has 2 heterocycles. The van der Waals surface area contributed by atoms with E-state index in [1.54, 1.807) is 0 Å². The first-order valence-electron chi connectivity index (χ1n) is 24.1. The van der Waals surface area contributed by atoms with Crippen LogP contribution in [-0.2, 0) is 5.41 Å². The second-order valence-electron chi connectivity index (χ2n) is 18.7. The minimum Gasteiger partial charge on any atom is -0.456 e. The maximum Gasteiger partial charge on any atom is 0.136 e. The minimum atomic E-state index is -0.434. The molecule has 0 saturated carbocycles. The third-order valence-electron chi connectivity index (χ3n) is 15.1.